The Labute approximate surface area is 117 Å². The zero-order valence-corrected chi connectivity index (χ0v) is 11.2. The molecule has 1 atom stereocenters. The molecule has 20 heavy (non-hydrogen) atoms. The molecule has 0 amide bonds. The SMILES string of the molecule is CC(CC(O)(O)c1ccccc1)N=C(N)c1cnc[nH]1. The molecule has 0 saturated carbocycles. The van der Waals surface area contributed by atoms with Gasteiger partial charge in [0.25, 0.3) is 0 Å². The molecule has 0 radical (unpaired) electrons. The molecule has 1 aromatic heterocycles. The van der Waals surface area contributed by atoms with E-state index in [1.54, 1.807) is 37.4 Å². The summed E-state index contributed by atoms with van der Waals surface area (Å²) in [6.45, 7) is 1.77. The molecule has 1 heterocycles. The molecule has 0 fully saturated rings. The number of nitrogens with two attached hydrogens (primary N) is 1. The highest BCUT2D eigenvalue weighted by Crippen LogP contribution is 2.24. The van der Waals surface area contributed by atoms with Crippen molar-refractivity contribution in [2.75, 3.05) is 0 Å². The number of benzene rings is 1. The Kier molecular flexibility index (Phi) is 4.16. The molecule has 2 aromatic rings. The van der Waals surface area contributed by atoms with E-state index >= 15 is 0 Å². The van der Waals surface area contributed by atoms with Crippen LogP contribution in [-0.2, 0) is 5.79 Å². The van der Waals surface area contributed by atoms with Crippen molar-refractivity contribution < 1.29 is 10.2 Å². The van der Waals surface area contributed by atoms with E-state index in [9.17, 15) is 10.2 Å². The van der Waals surface area contributed by atoms with Gasteiger partial charge >= 0.3 is 0 Å². The van der Waals surface area contributed by atoms with Crippen LogP contribution in [0.1, 0.15) is 24.6 Å². The quantitative estimate of drug-likeness (QED) is 0.366. The summed E-state index contributed by atoms with van der Waals surface area (Å²) in [6.07, 6.45) is 3.12. The van der Waals surface area contributed by atoms with Gasteiger partial charge in [0.15, 0.2) is 5.79 Å². The Morgan fingerprint density at radius 3 is 2.70 bits per heavy atom. The van der Waals surface area contributed by atoms with Crippen molar-refractivity contribution in [3.05, 3.63) is 54.1 Å². The molecule has 0 aliphatic heterocycles. The zero-order valence-electron chi connectivity index (χ0n) is 11.2. The first-order valence-electron chi connectivity index (χ1n) is 6.31. The number of imidazole rings is 1. The van der Waals surface area contributed by atoms with Crippen LogP contribution in [0.15, 0.2) is 47.8 Å². The van der Waals surface area contributed by atoms with Crippen molar-refractivity contribution in [2.24, 2.45) is 10.7 Å². The lowest BCUT2D eigenvalue weighted by molar-refractivity contribution is -0.176. The maximum atomic E-state index is 10.1. The molecular weight excluding hydrogens is 256 g/mol. The number of aliphatic hydroxyl groups is 2. The van der Waals surface area contributed by atoms with Gasteiger partial charge in [-0.25, -0.2) is 4.98 Å². The number of aromatic amines is 1. The number of hydrogen-bond acceptors (Lipinski definition) is 4. The second-order valence-corrected chi connectivity index (χ2v) is 4.72. The average molecular weight is 274 g/mol. The predicted molar refractivity (Wildman–Crippen MR) is 75.9 cm³/mol. The van der Waals surface area contributed by atoms with Crippen molar-refractivity contribution in [3.8, 4) is 0 Å². The van der Waals surface area contributed by atoms with Crippen molar-refractivity contribution >= 4 is 5.84 Å². The summed E-state index contributed by atoms with van der Waals surface area (Å²) >= 11 is 0. The van der Waals surface area contributed by atoms with Gasteiger partial charge < -0.3 is 20.9 Å². The molecule has 1 unspecified atom stereocenters. The molecule has 6 nitrogen and oxygen atoms in total. The smallest absolute Gasteiger partial charge is 0.191 e. The topological polar surface area (TPSA) is 108 Å². The number of amidine groups is 1. The van der Waals surface area contributed by atoms with Crippen LogP contribution < -0.4 is 5.73 Å². The van der Waals surface area contributed by atoms with E-state index in [1.807, 2.05) is 6.07 Å². The Morgan fingerprint density at radius 1 is 1.40 bits per heavy atom. The molecule has 0 saturated heterocycles. The number of nitrogens with zero attached hydrogens (tertiary/aromatic N) is 2. The maximum absolute atomic E-state index is 10.1. The highest BCUT2D eigenvalue weighted by atomic mass is 16.5. The summed E-state index contributed by atoms with van der Waals surface area (Å²) in [6, 6.07) is 8.29. The van der Waals surface area contributed by atoms with Crippen molar-refractivity contribution in [3.63, 3.8) is 0 Å². The molecule has 2 rings (SSSR count). The van der Waals surface area contributed by atoms with E-state index in [-0.39, 0.29) is 12.5 Å². The van der Waals surface area contributed by atoms with Crippen LogP contribution in [0.3, 0.4) is 0 Å². The molecule has 5 N–H and O–H groups in total. The number of rotatable bonds is 5. The van der Waals surface area contributed by atoms with E-state index in [1.165, 1.54) is 6.33 Å². The van der Waals surface area contributed by atoms with E-state index in [2.05, 4.69) is 15.0 Å². The van der Waals surface area contributed by atoms with Crippen LogP contribution in [0.4, 0.5) is 0 Å². The fourth-order valence-corrected chi connectivity index (χ4v) is 1.98. The molecule has 6 heteroatoms. The van der Waals surface area contributed by atoms with E-state index < -0.39 is 5.79 Å². The molecule has 106 valence electrons. The number of nitrogens with one attached hydrogen (secondary N) is 1. The molecular formula is C14H18N4O2. The summed E-state index contributed by atoms with van der Waals surface area (Å²) < 4.78 is 0. The Morgan fingerprint density at radius 2 is 2.10 bits per heavy atom. The van der Waals surface area contributed by atoms with Gasteiger partial charge in [0.1, 0.15) is 11.5 Å². The summed E-state index contributed by atoms with van der Waals surface area (Å²) in [5.41, 5.74) is 6.86. The second-order valence-electron chi connectivity index (χ2n) is 4.72. The maximum Gasteiger partial charge on any atom is 0.191 e. The predicted octanol–water partition coefficient (Wildman–Crippen LogP) is 0.731. The molecule has 1 aromatic carbocycles. The van der Waals surface area contributed by atoms with Crippen LogP contribution in [0.5, 0.6) is 0 Å². The largest absolute Gasteiger partial charge is 0.382 e. The number of H-pyrrole nitrogens is 1. The summed E-state index contributed by atoms with van der Waals surface area (Å²) in [4.78, 5) is 10.9. The number of aromatic nitrogens is 2. The standard InChI is InChI=1S/C14H18N4O2/c1-10(18-13(15)12-8-16-9-17-12)7-14(19,20)11-5-3-2-4-6-11/h2-6,8-10,19-20H,7H2,1H3,(H2,15,18)(H,16,17). The second kappa shape index (κ2) is 5.85. The van der Waals surface area contributed by atoms with E-state index in [4.69, 9.17) is 5.73 Å². The Balaban J connectivity index is 2.08. The number of hydrogen-bond donors (Lipinski definition) is 4. The summed E-state index contributed by atoms with van der Waals surface area (Å²) in [5.74, 6) is -1.64. The first kappa shape index (κ1) is 14.2. The third-order valence-corrected chi connectivity index (χ3v) is 2.95. The minimum absolute atomic E-state index is 0.0475. The Hall–Kier alpha value is -2.18. The van der Waals surface area contributed by atoms with Crippen LogP contribution in [0.2, 0.25) is 0 Å². The third-order valence-electron chi connectivity index (χ3n) is 2.95. The monoisotopic (exact) mass is 274 g/mol. The van der Waals surface area contributed by atoms with Crippen LogP contribution >= 0.6 is 0 Å². The normalized spacial score (nSPS) is 14.2. The first-order chi connectivity index (χ1) is 9.49. The molecule has 0 bridgehead atoms. The van der Waals surface area contributed by atoms with Crippen LogP contribution in [-0.4, -0.2) is 32.1 Å². The molecule has 0 aliphatic rings. The zero-order chi connectivity index (χ0) is 14.6. The van der Waals surface area contributed by atoms with Gasteiger partial charge in [-0.05, 0) is 6.92 Å². The lowest BCUT2D eigenvalue weighted by Gasteiger charge is -2.24. The lowest BCUT2D eigenvalue weighted by atomic mass is 9.99. The van der Waals surface area contributed by atoms with Crippen molar-refractivity contribution in [1.82, 2.24) is 9.97 Å². The van der Waals surface area contributed by atoms with Gasteiger partial charge in [0.05, 0.1) is 18.6 Å². The van der Waals surface area contributed by atoms with E-state index in [0.717, 1.165) is 0 Å². The van der Waals surface area contributed by atoms with E-state index in [0.29, 0.717) is 17.1 Å². The van der Waals surface area contributed by atoms with Crippen molar-refractivity contribution in [1.29, 1.82) is 0 Å². The number of aliphatic imine (C=N–C) groups is 1. The van der Waals surface area contributed by atoms with Gasteiger partial charge in [-0.3, -0.25) is 4.99 Å². The lowest BCUT2D eigenvalue weighted by Crippen LogP contribution is -2.30. The van der Waals surface area contributed by atoms with Gasteiger partial charge in [-0.1, -0.05) is 30.3 Å². The van der Waals surface area contributed by atoms with Crippen LogP contribution in [0.25, 0.3) is 0 Å². The Bertz CT molecular complexity index is 564. The highest BCUT2D eigenvalue weighted by Gasteiger charge is 2.28. The summed E-state index contributed by atoms with van der Waals surface area (Å²) in [7, 11) is 0. The van der Waals surface area contributed by atoms with Crippen molar-refractivity contribution in [2.45, 2.75) is 25.2 Å². The van der Waals surface area contributed by atoms with Crippen LogP contribution in [0, 0.1) is 0 Å². The fraction of sp³-hybridized carbons (Fsp3) is 0.286. The first-order valence-corrected chi connectivity index (χ1v) is 6.31. The minimum Gasteiger partial charge on any atom is -0.382 e. The van der Waals surface area contributed by atoms with Gasteiger partial charge in [-0.15, -0.1) is 0 Å². The molecule has 0 spiro atoms. The highest BCUT2D eigenvalue weighted by molar-refractivity contribution is 5.95. The summed E-state index contributed by atoms with van der Waals surface area (Å²) in [5, 5.41) is 20.2. The van der Waals surface area contributed by atoms with Gasteiger partial charge in [-0.2, -0.15) is 0 Å². The minimum atomic E-state index is -1.93. The van der Waals surface area contributed by atoms with Gasteiger partial charge in [0, 0.05) is 12.0 Å². The fourth-order valence-electron chi connectivity index (χ4n) is 1.98. The third kappa shape index (κ3) is 3.43. The average Bonchev–Trinajstić information content (AvgIpc) is 2.93. The molecule has 0 aliphatic carbocycles. The van der Waals surface area contributed by atoms with Gasteiger partial charge in [0.2, 0.25) is 0 Å².